The molecule has 4 rings (SSSR count). The smallest absolute Gasteiger partial charge is 0.209 e. The molecule has 1 fully saturated rings. The van der Waals surface area contributed by atoms with E-state index < -0.39 is 10.0 Å². The van der Waals surface area contributed by atoms with E-state index in [1.54, 1.807) is 0 Å². The average molecular weight is 451 g/mol. The van der Waals surface area contributed by atoms with Gasteiger partial charge in [-0.2, -0.15) is 0 Å². The second-order valence-electron chi connectivity index (χ2n) is 8.99. The molecule has 2 atom stereocenters. The first-order chi connectivity index (χ1) is 15.4. The lowest BCUT2D eigenvalue weighted by atomic mass is 9.89. The summed E-state index contributed by atoms with van der Waals surface area (Å²) in [5, 5.41) is 2.63. The quantitative estimate of drug-likeness (QED) is 0.461. The number of rotatable bonds is 7. The van der Waals surface area contributed by atoms with Crippen molar-refractivity contribution >= 4 is 26.5 Å². The zero-order valence-electron chi connectivity index (χ0n) is 19.1. The van der Waals surface area contributed by atoms with Crippen molar-refractivity contribution in [1.82, 2.24) is 4.72 Å². The number of nitrogens with one attached hydrogen (secondary N) is 1. The number of hydrogen-bond donors (Lipinski definition) is 1. The summed E-state index contributed by atoms with van der Waals surface area (Å²) < 4.78 is 25.3. The summed E-state index contributed by atoms with van der Waals surface area (Å²) in [6.07, 6.45) is 7.30. The molecule has 0 saturated heterocycles. The fourth-order valence-corrected chi connectivity index (χ4v) is 5.56. The number of sulfonamides is 1. The maximum atomic E-state index is 11.4. The first kappa shape index (κ1) is 22.8. The summed E-state index contributed by atoms with van der Waals surface area (Å²) in [7, 11) is -3.18. The molecule has 0 amide bonds. The monoisotopic (exact) mass is 450 g/mol. The third-order valence-corrected chi connectivity index (χ3v) is 7.41. The Morgan fingerprint density at radius 1 is 0.938 bits per heavy atom. The number of benzene rings is 3. The van der Waals surface area contributed by atoms with Crippen LogP contribution < -0.4 is 9.62 Å². The Bertz CT molecular complexity index is 1140. The topological polar surface area (TPSA) is 49.4 Å². The van der Waals surface area contributed by atoms with Gasteiger partial charge in [-0.1, -0.05) is 73.5 Å². The van der Waals surface area contributed by atoms with E-state index in [0.29, 0.717) is 18.5 Å². The molecule has 1 aliphatic rings. The second-order valence-corrected chi connectivity index (χ2v) is 10.8. The first-order valence-corrected chi connectivity index (χ1v) is 13.6. The number of anilines is 1. The number of hydrogen-bond acceptors (Lipinski definition) is 3. The van der Waals surface area contributed by atoms with Gasteiger partial charge in [-0.3, -0.25) is 0 Å². The van der Waals surface area contributed by atoms with E-state index >= 15 is 0 Å². The summed E-state index contributed by atoms with van der Waals surface area (Å²) >= 11 is 0. The van der Waals surface area contributed by atoms with Gasteiger partial charge in [0.1, 0.15) is 0 Å². The Morgan fingerprint density at radius 3 is 2.41 bits per heavy atom. The highest BCUT2D eigenvalue weighted by Crippen LogP contribution is 2.37. The van der Waals surface area contributed by atoms with Gasteiger partial charge in [0.25, 0.3) is 0 Å². The van der Waals surface area contributed by atoms with E-state index in [9.17, 15) is 8.42 Å². The van der Waals surface area contributed by atoms with Crippen molar-refractivity contribution in [1.29, 1.82) is 0 Å². The van der Waals surface area contributed by atoms with Crippen molar-refractivity contribution in [3.8, 4) is 0 Å². The molecule has 3 aromatic rings. The van der Waals surface area contributed by atoms with E-state index in [4.69, 9.17) is 0 Å². The van der Waals surface area contributed by atoms with Gasteiger partial charge in [0, 0.05) is 30.2 Å². The molecule has 1 N–H and O–H groups in total. The molecule has 0 radical (unpaired) electrons. The standard InChI is InChI=1S/C27H34N2O2S/c1-3-29(27-14-8-11-23-9-5-7-13-26(23)27)25-12-6-4-10-24(19-25)22-17-15-21(16-18-22)20-28-32(2,30)31/h5,7-9,11,13-18,24-25,28H,3-4,6,10,12,19-20H2,1-2H3. The van der Waals surface area contributed by atoms with Crippen LogP contribution in [0, 0.1) is 0 Å². The van der Waals surface area contributed by atoms with E-state index in [-0.39, 0.29) is 0 Å². The van der Waals surface area contributed by atoms with Gasteiger partial charge < -0.3 is 4.90 Å². The van der Waals surface area contributed by atoms with Crippen molar-refractivity contribution < 1.29 is 8.42 Å². The summed E-state index contributed by atoms with van der Waals surface area (Å²) in [4.78, 5) is 2.62. The second kappa shape index (κ2) is 10.1. The van der Waals surface area contributed by atoms with Crippen LogP contribution in [0.5, 0.6) is 0 Å². The lowest BCUT2D eigenvalue weighted by Crippen LogP contribution is -2.36. The zero-order chi connectivity index (χ0) is 22.6. The van der Waals surface area contributed by atoms with Gasteiger partial charge in [-0.05, 0) is 54.7 Å². The molecule has 1 aliphatic carbocycles. The molecule has 0 aliphatic heterocycles. The molecule has 5 heteroatoms. The van der Waals surface area contributed by atoms with E-state index in [1.807, 2.05) is 0 Å². The summed E-state index contributed by atoms with van der Waals surface area (Å²) in [5.41, 5.74) is 3.71. The van der Waals surface area contributed by atoms with E-state index in [2.05, 4.69) is 83.3 Å². The van der Waals surface area contributed by atoms with Gasteiger partial charge in [0.15, 0.2) is 0 Å². The maximum Gasteiger partial charge on any atom is 0.209 e. The highest BCUT2D eigenvalue weighted by molar-refractivity contribution is 7.88. The van der Waals surface area contributed by atoms with Gasteiger partial charge in [-0.15, -0.1) is 0 Å². The fourth-order valence-electron chi connectivity index (χ4n) is 5.13. The van der Waals surface area contributed by atoms with Gasteiger partial charge in [0.2, 0.25) is 10.0 Å². The molecule has 0 heterocycles. The lowest BCUT2D eigenvalue weighted by Gasteiger charge is -2.35. The van der Waals surface area contributed by atoms with Gasteiger partial charge in [0.05, 0.1) is 6.26 Å². The lowest BCUT2D eigenvalue weighted by molar-refractivity contribution is 0.501. The van der Waals surface area contributed by atoms with Crippen molar-refractivity contribution in [2.75, 3.05) is 17.7 Å². The van der Waals surface area contributed by atoms with Gasteiger partial charge >= 0.3 is 0 Å². The molecule has 32 heavy (non-hydrogen) atoms. The minimum atomic E-state index is -3.18. The molecule has 170 valence electrons. The number of fused-ring (bicyclic) bond motifs is 1. The van der Waals surface area contributed by atoms with E-state index in [1.165, 1.54) is 54.0 Å². The van der Waals surface area contributed by atoms with Crippen molar-refractivity contribution in [2.45, 2.75) is 57.5 Å². The van der Waals surface area contributed by atoms with Crippen molar-refractivity contribution in [3.63, 3.8) is 0 Å². The highest BCUT2D eigenvalue weighted by atomic mass is 32.2. The van der Waals surface area contributed by atoms with Crippen LogP contribution in [0.25, 0.3) is 10.8 Å². The van der Waals surface area contributed by atoms with Crippen molar-refractivity contribution in [3.05, 3.63) is 77.9 Å². The Morgan fingerprint density at radius 2 is 1.66 bits per heavy atom. The molecule has 0 spiro atoms. The normalized spacial score (nSPS) is 19.6. The van der Waals surface area contributed by atoms with Crippen LogP contribution in [0.15, 0.2) is 66.7 Å². The van der Waals surface area contributed by atoms with Gasteiger partial charge in [-0.25, -0.2) is 13.1 Å². The predicted octanol–water partition coefficient (Wildman–Crippen LogP) is 5.83. The molecule has 4 nitrogen and oxygen atoms in total. The van der Waals surface area contributed by atoms with Crippen LogP contribution >= 0.6 is 0 Å². The molecular weight excluding hydrogens is 416 g/mol. The Labute approximate surface area is 192 Å². The number of nitrogens with zero attached hydrogens (tertiary/aromatic N) is 1. The Balaban J connectivity index is 1.54. The summed E-state index contributed by atoms with van der Waals surface area (Å²) in [6, 6.07) is 24.4. The van der Waals surface area contributed by atoms with Crippen LogP contribution in [-0.4, -0.2) is 27.3 Å². The van der Waals surface area contributed by atoms with Crippen molar-refractivity contribution in [2.24, 2.45) is 0 Å². The van der Waals surface area contributed by atoms with Crippen LogP contribution in [0.3, 0.4) is 0 Å². The zero-order valence-corrected chi connectivity index (χ0v) is 19.9. The Kier molecular flexibility index (Phi) is 7.17. The Hall–Kier alpha value is -2.37. The molecule has 2 unspecified atom stereocenters. The summed E-state index contributed by atoms with van der Waals surface area (Å²) in [5.74, 6) is 0.531. The van der Waals surface area contributed by atoms with E-state index in [0.717, 1.165) is 18.5 Å². The molecular formula is C27H34N2O2S. The SMILES string of the molecule is CCN(c1cccc2ccccc12)C1CCCCC(c2ccc(CNS(C)(=O)=O)cc2)C1. The molecule has 3 aromatic carbocycles. The average Bonchev–Trinajstić information content (AvgIpc) is 3.05. The molecule has 0 bridgehead atoms. The van der Waals surface area contributed by atoms with Crippen LogP contribution in [0.1, 0.15) is 56.1 Å². The summed E-state index contributed by atoms with van der Waals surface area (Å²) in [6.45, 7) is 3.61. The fraction of sp³-hybridized carbons (Fsp3) is 0.407. The first-order valence-electron chi connectivity index (χ1n) is 11.7. The highest BCUT2D eigenvalue weighted by Gasteiger charge is 2.26. The molecule has 0 aromatic heterocycles. The maximum absolute atomic E-state index is 11.4. The van der Waals surface area contributed by atoms with Crippen LogP contribution in [0.2, 0.25) is 0 Å². The van der Waals surface area contributed by atoms with Crippen LogP contribution in [0.4, 0.5) is 5.69 Å². The third kappa shape index (κ3) is 5.51. The van der Waals surface area contributed by atoms with Crippen LogP contribution in [-0.2, 0) is 16.6 Å². The predicted molar refractivity (Wildman–Crippen MR) is 135 cm³/mol. The molecule has 1 saturated carbocycles. The minimum absolute atomic E-state index is 0.344. The third-order valence-electron chi connectivity index (χ3n) is 6.74. The minimum Gasteiger partial charge on any atom is -0.368 e. The largest absolute Gasteiger partial charge is 0.368 e.